The van der Waals surface area contributed by atoms with Gasteiger partial charge in [0, 0.05) is 37.6 Å². The van der Waals surface area contributed by atoms with Gasteiger partial charge < -0.3 is 10.6 Å². The fourth-order valence-corrected chi connectivity index (χ4v) is 3.77. The summed E-state index contributed by atoms with van der Waals surface area (Å²) in [4.78, 5) is 14.9. The van der Waals surface area contributed by atoms with Gasteiger partial charge in [0.2, 0.25) is 5.91 Å². The molecule has 0 unspecified atom stereocenters. The van der Waals surface area contributed by atoms with Gasteiger partial charge in [-0.1, -0.05) is 30.3 Å². The largest absolute Gasteiger partial charge is 0.353 e. The van der Waals surface area contributed by atoms with Gasteiger partial charge in [0.05, 0.1) is 0 Å². The lowest BCUT2D eigenvalue weighted by Crippen LogP contribution is -2.48. The van der Waals surface area contributed by atoms with E-state index in [4.69, 9.17) is 0 Å². The van der Waals surface area contributed by atoms with E-state index in [2.05, 4.69) is 52.8 Å². The minimum atomic E-state index is 0.202. The molecule has 23 heavy (non-hydrogen) atoms. The number of likely N-dealkylation sites (tertiary alicyclic amines) is 1. The van der Waals surface area contributed by atoms with Gasteiger partial charge in [0.1, 0.15) is 0 Å². The zero-order valence-corrected chi connectivity index (χ0v) is 14.1. The predicted molar refractivity (Wildman–Crippen MR) is 93.1 cm³/mol. The van der Waals surface area contributed by atoms with Crippen LogP contribution in [0.4, 0.5) is 0 Å². The lowest BCUT2D eigenvalue weighted by atomic mass is 9.92. The molecule has 0 aromatic heterocycles. The highest BCUT2D eigenvalue weighted by molar-refractivity contribution is 5.79. The van der Waals surface area contributed by atoms with E-state index in [1.807, 2.05) is 0 Å². The molecule has 0 saturated carbocycles. The highest BCUT2D eigenvalue weighted by Crippen LogP contribution is 2.18. The number of carbonyl (C=O) groups excluding carboxylic acids is 1. The van der Waals surface area contributed by atoms with Crippen LogP contribution in [0.2, 0.25) is 0 Å². The summed E-state index contributed by atoms with van der Waals surface area (Å²) in [7, 11) is 0. The number of hydrogen-bond acceptors (Lipinski definition) is 3. The molecule has 2 atom stereocenters. The third-order valence-corrected chi connectivity index (χ3v) is 5.18. The molecule has 4 nitrogen and oxygen atoms in total. The van der Waals surface area contributed by atoms with E-state index in [0.29, 0.717) is 12.1 Å². The summed E-state index contributed by atoms with van der Waals surface area (Å²) >= 11 is 0. The number of carbonyl (C=O) groups is 1. The van der Waals surface area contributed by atoms with E-state index in [0.717, 1.165) is 51.9 Å². The number of benzene rings is 1. The molecular formula is C19H29N3O. The number of amides is 1. The maximum absolute atomic E-state index is 12.4. The second-order valence-corrected chi connectivity index (χ2v) is 7.12. The van der Waals surface area contributed by atoms with Crippen molar-refractivity contribution in [3.63, 3.8) is 0 Å². The fraction of sp³-hybridized carbons (Fsp3) is 0.632. The molecule has 1 amide bonds. The number of nitrogens with zero attached hydrogens (tertiary/aromatic N) is 1. The van der Waals surface area contributed by atoms with Crippen molar-refractivity contribution < 1.29 is 4.79 Å². The van der Waals surface area contributed by atoms with Crippen LogP contribution in [0.25, 0.3) is 0 Å². The average Bonchev–Trinajstić information content (AvgIpc) is 2.57. The zero-order valence-electron chi connectivity index (χ0n) is 14.1. The first-order chi connectivity index (χ1) is 11.2. The van der Waals surface area contributed by atoms with Crippen molar-refractivity contribution in [1.82, 2.24) is 15.5 Å². The molecule has 2 saturated heterocycles. The van der Waals surface area contributed by atoms with E-state index in [9.17, 15) is 4.79 Å². The van der Waals surface area contributed by atoms with Gasteiger partial charge in [0.25, 0.3) is 0 Å². The van der Waals surface area contributed by atoms with Crippen LogP contribution < -0.4 is 10.6 Å². The monoisotopic (exact) mass is 315 g/mol. The van der Waals surface area contributed by atoms with Crippen LogP contribution in [0.3, 0.4) is 0 Å². The van der Waals surface area contributed by atoms with Crippen LogP contribution in [0.5, 0.6) is 0 Å². The van der Waals surface area contributed by atoms with Gasteiger partial charge in [-0.2, -0.15) is 0 Å². The summed E-state index contributed by atoms with van der Waals surface area (Å²) < 4.78 is 0. The van der Waals surface area contributed by atoms with Crippen molar-refractivity contribution in [1.29, 1.82) is 0 Å². The van der Waals surface area contributed by atoms with Crippen molar-refractivity contribution in [2.45, 2.75) is 51.2 Å². The first-order valence-corrected chi connectivity index (χ1v) is 9.01. The highest BCUT2D eigenvalue weighted by atomic mass is 16.1. The van der Waals surface area contributed by atoms with Crippen molar-refractivity contribution >= 4 is 5.91 Å². The fourth-order valence-electron chi connectivity index (χ4n) is 3.77. The molecule has 1 aromatic carbocycles. The van der Waals surface area contributed by atoms with Crippen LogP contribution >= 0.6 is 0 Å². The Balaban J connectivity index is 1.41. The van der Waals surface area contributed by atoms with Gasteiger partial charge in [0.15, 0.2) is 0 Å². The standard InChI is InChI=1S/C19H29N3O/c1-15-13-17(7-10-20-15)19(23)21-18-8-11-22(12-9-18)14-16-5-3-2-4-6-16/h2-6,15,17-18,20H,7-14H2,1H3,(H,21,23)/t15-,17-/m0/s1. The van der Waals surface area contributed by atoms with Gasteiger partial charge in [-0.3, -0.25) is 9.69 Å². The summed E-state index contributed by atoms with van der Waals surface area (Å²) in [6.07, 6.45) is 4.08. The van der Waals surface area contributed by atoms with E-state index in [-0.39, 0.29) is 11.8 Å². The molecular weight excluding hydrogens is 286 g/mol. The van der Waals surface area contributed by atoms with Gasteiger partial charge in [-0.15, -0.1) is 0 Å². The predicted octanol–water partition coefficient (Wildman–Crippen LogP) is 2.16. The lowest BCUT2D eigenvalue weighted by molar-refractivity contribution is -0.127. The Hall–Kier alpha value is -1.39. The van der Waals surface area contributed by atoms with E-state index in [1.165, 1.54) is 5.56 Å². The number of piperidine rings is 2. The van der Waals surface area contributed by atoms with E-state index < -0.39 is 0 Å². The zero-order chi connectivity index (χ0) is 16.1. The molecule has 0 spiro atoms. The molecule has 2 aliphatic rings. The Morgan fingerprint density at radius 1 is 1.22 bits per heavy atom. The molecule has 0 radical (unpaired) electrons. The summed E-state index contributed by atoms with van der Waals surface area (Å²) in [6, 6.07) is 11.5. The Morgan fingerprint density at radius 3 is 2.65 bits per heavy atom. The van der Waals surface area contributed by atoms with Crippen molar-refractivity contribution in [3.05, 3.63) is 35.9 Å². The summed E-state index contributed by atoms with van der Waals surface area (Å²) in [5.41, 5.74) is 1.37. The Labute approximate surface area is 139 Å². The maximum atomic E-state index is 12.4. The van der Waals surface area contributed by atoms with Gasteiger partial charge >= 0.3 is 0 Å². The van der Waals surface area contributed by atoms with Gasteiger partial charge in [-0.25, -0.2) is 0 Å². The average molecular weight is 315 g/mol. The Morgan fingerprint density at radius 2 is 1.96 bits per heavy atom. The van der Waals surface area contributed by atoms with Crippen LogP contribution in [0.1, 0.15) is 38.2 Å². The molecule has 2 fully saturated rings. The van der Waals surface area contributed by atoms with Crippen LogP contribution in [-0.2, 0) is 11.3 Å². The van der Waals surface area contributed by atoms with Gasteiger partial charge in [-0.05, 0) is 44.7 Å². The summed E-state index contributed by atoms with van der Waals surface area (Å²) in [5, 5.41) is 6.71. The molecule has 3 rings (SSSR count). The van der Waals surface area contributed by atoms with Crippen molar-refractivity contribution in [2.75, 3.05) is 19.6 Å². The molecule has 2 N–H and O–H groups in total. The minimum absolute atomic E-state index is 0.202. The number of rotatable bonds is 4. The normalized spacial score (nSPS) is 26.8. The molecule has 2 heterocycles. The molecule has 126 valence electrons. The summed E-state index contributed by atoms with van der Waals surface area (Å²) in [6.45, 7) is 6.30. The Bertz CT molecular complexity index is 497. The summed E-state index contributed by atoms with van der Waals surface area (Å²) in [5.74, 6) is 0.480. The lowest BCUT2D eigenvalue weighted by Gasteiger charge is -2.34. The first kappa shape index (κ1) is 16.5. The topological polar surface area (TPSA) is 44.4 Å². The third kappa shape index (κ3) is 4.79. The smallest absolute Gasteiger partial charge is 0.223 e. The molecule has 2 aliphatic heterocycles. The molecule has 1 aromatic rings. The molecule has 0 bridgehead atoms. The highest BCUT2D eigenvalue weighted by Gasteiger charge is 2.27. The van der Waals surface area contributed by atoms with Crippen LogP contribution in [0, 0.1) is 5.92 Å². The maximum Gasteiger partial charge on any atom is 0.223 e. The van der Waals surface area contributed by atoms with E-state index in [1.54, 1.807) is 0 Å². The SMILES string of the molecule is C[C@H]1C[C@@H](C(=O)NC2CCN(Cc3ccccc3)CC2)CCN1. The Kier molecular flexibility index (Phi) is 5.68. The second kappa shape index (κ2) is 7.93. The second-order valence-electron chi connectivity index (χ2n) is 7.12. The van der Waals surface area contributed by atoms with E-state index >= 15 is 0 Å². The first-order valence-electron chi connectivity index (χ1n) is 9.01. The van der Waals surface area contributed by atoms with Crippen LogP contribution in [0.15, 0.2) is 30.3 Å². The van der Waals surface area contributed by atoms with Crippen molar-refractivity contribution in [3.8, 4) is 0 Å². The minimum Gasteiger partial charge on any atom is -0.353 e. The number of nitrogens with one attached hydrogen (secondary N) is 2. The number of hydrogen-bond donors (Lipinski definition) is 2. The van der Waals surface area contributed by atoms with Crippen LogP contribution in [-0.4, -0.2) is 42.5 Å². The molecule has 0 aliphatic carbocycles. The molecule has 4 heteroatoms. The third-order valence-electron chi connectivity index (χ3n) is 5.18. The van der Waals surface area contributed by atoms with Crippen molar-refractivity contribution in [2.24, 2.45) is 5.92 Å². The quantitative estimate of drug-likeness (QED) is 0.895.